The van der Waals surface area contributed by atoms with Crippen molar-refractivity contribution in [2.75, 3.05) is 11.4 Å². The van der Waals surface area contributed by atoms with E-state index in [1.54, 1.807) is 47.4 Å². The van der Waals surface area contributed by atoms with Crippen molar-refractivity contribution >= 4 is 28.7 Å². The maximum atomic E-state index is 13.4. The predicted octanol–water partition coefficient (Wildman–Crippen LogP) is 4.53. The van der Waals surface area contributed by atoms with Gasteiger partial charge >= 0.3 is 0 Å². The van der Waals surface area contributed by atoms with Gasteiger partial charge < -0.3 is 14.8 Å². The number of hydrogen-bond donors (Lipinski definition) is 1. The third-order valence-corrected chi connectivity index (χ3v) is 9.51. The van der Waals surface area contributed by atoms with Crippen molar-refractivity contribution in [3.8, 4) is 0 Å². The molecule has 5 aliphatic rings. The number of anilines is 1. The fourth-order valence-corrected chi connectivity index (χ4v) is 8.44. The molecule has 1 atom stereocenters. The van der Waals surface area contributed by atoms with Crippen LogP contribution in [0.5, 0.6) is 0 Å². The summed E-state index contributed by atoms with van der Waals surface area (Å²) in [6.07, 6.45) is 7.26. The summed E-state index contributed by atoms with van der Waals surface area (Å²) in [4.78, 5) is 29.4. The highest BCUT2D eigenvalue weighted by Gasteiger charge is 2.51. The Morgan fingerprint density at radius 1 is 1.06 bits per heavy atom. The van der Waals surface area contributed by atoms with Crippen molar-refractivity contribution in [2.45, 2.75) is 60.8 Å². The van der Waals surface area contributed by atoms with E-state index in [1.165, 1.54) is 19.3 Å². The van der Waals surface area contributed by atoms with Crippen molar-refractivity contribution < 1.29 is 14.1 Å². The lowest BCUT2D eigenvalue weighted by molar-refractivity contribution is -0.0167. The summed E-state index contributed by atoms with van der Waals surface area (Å²) in [6, 6.07) is 12.4. The van der Waals surface area contributed by atoms with Crippen LogP contribution in [0.25, 0.3) is 0 Å². The number of nitrogens with one attached hydrogen (secondary N) is 1. The molecule has 1 N–H and O–H groups in total. The van der Waals surface area contributed by atoms with E-state index >= 15 is 0 Å². The third-order valence-electron chi connectivity index (χ3n) is 8.01. The number of nitrogens with zero attached hydrogens (tertiary/aromatic N) is 1. The van der Waals surface area contributed by atoms with Gasteiger partial charge in [0.1, 0.15) is 5.69 Å². The zero-order chi connectivity index (χ0) is 22.0. The Bertz CT molecular complexity index is 1080. The lowest BCUT2D eigenvalue weighted by Gasteiger charge is -2.56. The lowest BCUT2D eigenvalue weighted by Crippen LogP contribution is -2.59. The van der Waals surface area contributed by atoms with Crippen molar-refractivity contribution in [1.29, 1.82) is 0 Å². The summed E-state index contributed by atoms with van der Waals surface area (Å²) in [5.74, 6) is 2.01. The third kappa shape index (κ3) is 3.11. The van der Waals surface area contributed by atoms with Gasteiger partial charge in [-0.3, -0.25) is 9.59 Å². The highest BCUT2D eigenvalue weighted by molar-refractivity contribution is 7.91. The molecule has 2 aromatic carbocycles. The molecule has 166 valence electrons. The Morgan fingerprint density at radius 3 is 2.38 bits per heavy atom. The highest BCUT2D eigenvalue weighted by atomic mass is 32.2. The van der Waals surface area contributed by atoms with Crippen molar-refractivity contribution in [2.24, 2.45) is 17.8 Å². The molecule has 1 aliphatic heterocycles. The van der Waals surface area contributed by atoms with Gasteiger partial charge in [0.25, 0.3) is 11.8 Å². The van der Waals surface area contributed by atoms with Gasteiger partial charge in [0.05, 0.1) is 5.56 Å². The molecule has 5 nitrogen and oxygen atoms in total. The largest absolute Gasteiger partial charge is 0.606 e. The van der Waals surface area contributed by atoms with Gasteiger partial charge in [0, 0.05) is 28.8 Å². The van der Waals surface area contributed by atoms with Gasteiger partial charge in [0.15, 0.2) is 9.79 Å². The molecule has 1 unspecified atom stereocenters. The number of rotatable bonds is 3. The van der Waals surface area contributed by atoms with E-state index in [4.69, 9.17) is 0 Å². The Hall–Kier alpha value is -2.31. The van der Waals surface area contributed by atoms with Gasteiger partial charge in [-0.1, -0.05) is 12.1 Å². The van der Waals surface area contributed by atoms with Gasteiger partial charge in [-0.2, -0.15) is 0 Å². The second-order valence-electron chi connectivity index (χ2n) is 10.1. The van der Waals surface area contributed by atoms with Crippen LogP contribution < -0.4 is 10.2 Å². The molecule has 4 aliphatic carbocycles. The van der Waals surface area contributed by atoms with Crippen LogP contribution in [0.15, 0.2) is 52.3 Å². The first-order chi connectivity index (χ1) is 15.5. The molecule has 4 fully saturated rings. The topological polar surface area (TPSA) is 72.5 Å². The molecule has 4 bridgehead atoms. The van der Waals surface area contributed by atoms with Gasteiger partial charge in [0.2, 0.25) is 0 Å². The average Bonchev–Trinajstić information content (AvgIpc) is 2.85. The van der Waals surface area contributed by atoms with Gasteiger partial charge in [-0.15, -0.1) is 0 Å². The van der Waals surface area contributed by atoms with Crippen LogP contribution in [0.2, 0.25) is 0 Å². The van der Waals surface area contributed by atoms with Gasteiger partial charge in [-0.25, -0.2) is 0 Å². The molecule has 6 heteroatoms. The molecule has 2 aromatic rings. The standard InChI is InChI=1S/C26H28N2O3S/c1-2-28-21-12-19(7-8-23(21)32(31)22-6-4-3-5-20(22)25(28)30)24(29)27-26-13-16-9-17(14-26)11-18(10-16)15-26/h3-8,12,16-18H,2,9-11,13-15H2,1H3,(H,27,29). The van der Waals surface area contributed by atoms with Crippen LogP contribution in [-0.4, -0.2) is 28.5 Å². The normalized spacial score (nSPS) is 32.3. The lowest BCUT2D eigenvalue weighted by atomic mass is 9.53. The van der Waals surface area contributed by atoms with E-state index in [0.717, 1.165) is 37.0 Å². The number of fused-ring (bicyclic) bond motifs is 2. The molecule has 0 radical (unpaired) electrons. The van der Waals surface area contributed by atoms with Crippen LogP contribution in [0, 0.1) is 17.8 Å². The number of carbonyl (C=O) groups is 2. The molecule has 2 amide bonds. The van der Waals surface area contributed by atoms with Crippen LogP contribution in [0.4, 0.5) is 5.69 Å². The summed E-state index contributed by atoms with van der Waals surface area (Å²) in [5.41, 5.74) is 1.50. The molecule has 7 rings (SSSR count). The number of amides is 2. The minimum absolute atomic E-state index is 0.0715. The second kappa shape index (κ2) is 7.35. The summed E-state index contributed by atoms with van der Waals surface area (Å²) in [6.45, 7) is 2.35. The quantitative estimate of drug-likeness (QED) is 0.701. The van der Waals surface area contributed by atoms with Crippen LogP contribution in [0.3, 0.4) is 0 Å². The van der Waals surface area contributed by atoms with Crippen LogP contribution in [-0.2, 0) is 11.2 Å². The minimum Gasteiger partial charge on any atom is -0.606 e. The minimum atomic E-state index is -1.48. The molecule has 0 aromatic heterocycles. The Balaban J connectivity index is 1.34. The van der Waals surface area contributed by atoms with Crippen LogP contribution in [0.1, 0.15) is 66.2 Å². The first kappa shape index (κ1) is 20.3. The summed E-state index contributed by atoms with van der Waals surface area (Å²) in [5, 5.41) is 3.42. The number of hydrogen-bond acceptors (Lipinski definition) is 3. The molecular weight excluding hydrogens is 420 g/mol. The second-order valence-corrected chi connectivity index (χ2v) is 11.6. The first-order valence-corrected chi connectivity index (χ1v) is 12.9. The SMILES string of the molecule is CCN1C(=O)c2ccccc2[S+]([O-])c2ccc(C(=O)NC34CC5CC(CC(C5)C3)C4)cc21. The Morgan fingerprint density at radius 2 is 1.72 bits per heavy atom. The van der Waals surface area contributed by atoms with Crippen molar-refractivity contribution in [3.05, 3.63) is 53.6 Å². The van der Waals surface area contributed by atoms with Crippen molar-refractivity contribution in [3.63, 3.8) is 0 Å². The fourth-order valence-electron chi connectivity index (χ4n) is 7.10. The maximum Gasteiger partial charge on any atom is 0.263 e. The highest BCUT2D eigenvalue weighted by Crippen LogP contribution is 2.55. The zero-order valence-electron chi connectivity index (χ0n) is 18.3. The van der Waals surface area contributed by atoms with Crippen molar-refractivity contribution in [1.82, 2.24) is 5.32 Å². The average molecular weight is 449 g/mol. The van der Waals surface area contributed by atoms with E-state index in [9.17, 15) is 14.1 Å². The monoisotopic (exact) mass is 448 g/mol. The van der Waals surface area contributed by atoms with E-state index in [2.05, 4.69) is 5.32 Å². The van der Waals surface area contributed by atoms with E-state index in [-0.39, 0.29) is 17.4 Å². The van der Waals surface area contributed by atoms with Crippen LogP contribution >= 0.6 is 0 Å². The number of carbonyl (C=O) groups excluding carboxylic acids is 2. The molecule has 0 spiro atoms. The maximum absolute atomic E-state index is 13.4. The molecule has 1 heterocycles. The van der Waals surface area contributed by atoms with Gasteiger partial charge in [-0.05, 0) is 93.5 Å². The summed E-state index contributed by atoms with van der Waals surface area (Å²) >= 11 is -1.48. The molecule has 32 heavy (non-hydrogen) atoms. The Labute approximate surface area is 191 Å². The van der Waals surface area contributed by atoms with E-state index in [1.807, 2.05) is 6.92 Å². The molecule has 4 saturated carbocycles. The smallest absolute Gasteiger partial charge is 0.263 e. The number of benzene rings is 2. The fraction of sp³-hybridized carbons (Fsp3) is 0.462. The molecule has 0 saturated heterocycles. The summed E-state index contributed by atoms with van der Waals surface area (Å²) < 4.78 is 13.3. The predicted molar refractivity (Wildman–Crippen MR) is 123 cm³/mol. The summed E-state index contributed by atoms with van der Waals surface area (Å²) in [7, 11) is 0. The Kier molecular flexibility index (Phi) is 4.67. The van der Waals surface area contributed by atoms with E-state index < -0.39 is 11.2 Å². The molecular formula is C26H28N2O3S. The van der Waals surface area contributed by atoms with E-state index in [0.29, 0.717) is 33.2 Å². The zero-order valence-corrected chi connectivity index (χ0v) is 19.1. The first-order valence-electron chi connectivity index (χ1n) is 11.8.